The number of nitrogens with one attached hydrogen (secondary N) is 2. The van der Waals surface area contributed by atoms with Crippen molar-refractivity contribution in [2.75, 3.05) is 0 Å². The van der Waals surface area contributed by atoms with E-state index in [2.05, 4.69) is 98.9 Å². The number of benzene rings is 3. The number of likely N-dealkylation sites (tertiary alicyclic amines) is 1. The molecule has 2 aromatic heterocycles. The summed E-state index contributed by atoms with van der Waals surface area (Å²) in [6.45, 7) is 15.2. The van der Waals surface area contributed by atoms with E-state index in [1.54, 1.807) is 0 Å². The van der Waals surface area contributed by atoms with E-state index in [1.165, 1.54) is 0 Å². The highest BCUT2D eigenvalue weighted by Gasteiger charge is 2.37. The van der Waals surface area contributed by atoms with Crippen LogP contribution in [0.5, 0.6) is 5.75 Å². The Bertz CT molecular complexity index is 2080. The summed E-state index contributed by atoms with van der Waals surface area (Å²) in [5, 5.41) is 2.17. The number of fused-ring (bicyclic) bond motifs is 6. The average Bonchev–Trinajstić information content (AvgIpc) is 3.89. The molecule has 1 fully saturated rings. The number of imidazole rings is 2. The molecule has 0 unspecified atom stereocenters. The molecule has 0 bridgehead atoms. The Morgan fingerprint density at radius 2 is 1.82 bits per heavy atom. The predicted molar refractivity (Wildman–Crippen MR) is 203 cm³/mol. The van der Waals surface area contributed by atoms with Crippen LogP contribution in [0.1, 0.15) is 123 Å². The van der Waals surface area contributed by atoms with Crippen LogP contribution in [0.15, 0.2) is 48.7 Å². The van der Waals surface area contributed by atoms with E-state index >= 15 is 0 Å². The third-order valence-electron chi connectivity index (χ3n) is 11.4. The Morgan fingerprint density at radius 1 is 1.00 bits per heavy atom. The van der Waals surface area contributed by atoms with Gasteiger partial charge in [0.2, 0.25) is 11.8 Å². The highest BCUT2D eigenvalue weighted by molar-refractivity contribution is 6.07. The van der Waals surface area contributed by atoms with E-state index in [4.69, 9.17) is 14.7 Å². The second-order valence-corrected chi connectivity index (χ2v) is 14.9. The summed E-state index contributed by atoms with van der Waals surface area (Å²) in [7, 11) is 0. The summed E-state index contributed by atoms with van der Waals surface area (Å²) < 4.78 is 6.42. The van der Waals surface area contributed by atoms with Crippen LogP contribution in [0.2, 0.25) is 0 Å². The van der Waals surface area contributed by atoms with Crippen molar-refractivity contribution >= 4 is 33.6 Å². The number of hydrogen-bond donors (Lipinski definition) is 2. The molecule has 1 saturated heterocycles. The number of nitrogens with zero attached hydrogens (tertiary/aromatic N) is 4. The molecule has 51 heavy (non-hydrogen) atoms. The first kappa shape index (κ1) is 34.8. The number of carbonyl (C=O) groups is 2. The zero-order valence-corrected chi connectivity index (χ0v) is 31.2. The molecular weight excluding hydrogens is 637 g/mol. The topological polar surface area (TPSA) is 107 Å². The molecule has 268 valence electrons. The zero-order valence-electron chi connectivity index (χ0n) is 31.2. The van der Waals surface area contributed by atoms with E-state index in [-0.39, 0.29) is 36.0 Å². The summed E-state index contributed by atoms with van der Waals surface area (Å²) in [5.41, 5.74) is 7.18. The molecule has 2 amide bonds. The SMILES string of the molecule is CCCC(=O)N([C@@H](C)CC)[C@@H](C)c1ncc(-c2ccc3c(c2)COc2cc4c(ccc5nc([C@@H]6CC[C@H](C)N6C(=O)C[C@@H](C)CC)[nH]c54)cc2-3)[nH]1. The van der Waals surface area contributed by atoms with Gasteiger partial charge in [0, 0.05) is 35.9 Å². The zero-order chi connectivity index (χ0) is 36.0. The smallest absolute Gasteiger partial charge is 0.223 e. The average molecular weight is 689 g/mol. The molecule has 3 aromatic carbocycles. The third-order valence-corrected chi connectivity index (χ3v) is 11.4. The summed E-state index contributed by atoms with van der Waals surface area (Å²) >= 11 is 0. The maximum atomic E-state index is 13.4. The Labute approximate surface area is 301 Å². The number of hydrogen-bond acceptors (Lipinski definition) is 5. The number of H-pyrrole nitrogens is 2. The monoisotopic (exact) mass is 688 g/mol. The maximum Gasteiger partial charge on any atom is 0.223 e. The van der Waals surface area contributed by atoms with E-state index in [9.17, 15) is 9.59 Å². The first-order valence-electron chi connectivity index (χ1n) is 19.0. The molecule has 0 spiro atoms. The van der Waals surface area contributed by atoms with Crippen LogP contribution in [-0.2, 0) is 16.2 Å². The van der Waals surface area contributed by atoms with Crippen LogP contribution in [0.3, 0.4) is 0 Å². The Kier molecular flexibility index (Phi) is 9.66. The van der Waals surface area contributed by atoms with Gasteiger partial charge in [0.15, 0.2) is 0 Å². The van der Waals surface area contributed by atoms with E-state index < -0.39 is 0 Å². The van der Waals surface area contributed by atoms with Crippen molar-refractivity contribution < 1.29 is 14.3 Å². The molecule has 7 rings (SSSR count). The van der Waals surface area contributed by atoms with Crippen molar-refractivity contribution in [1.82, 2.24) is 29.7 Å². The standard InChI is InChI=1S/C42H52N6O3/c1-8-11-38(49)47(25(5)10-3)27(7)41-43-22-35(45-41)29-13-15-31-30(19-29)23-51-37-21-32-28(20-33(31)37)14-16-34-40(32)46-42(44-34)36-17-12-26(6)48(36)39(50)18-24(4)9-2/h13-16,19-22,24-27,36H,8-12,17-18,23H2,1-7H3,(H,43,45)(H,44,46)/t24-,25-,26-,27-,36-/m0/s1. The molecule has 2 aliphatic heterocycles. The maximum absolute atomic E-state index is 13.4. The number of ether oxygens (including phenoxy) is 1. The van der Waals surface area contributed by atoms with E-state index in [1.807, 2.05) is 18.0 Å². The molecule has 5 aromatic rings. The van der Waals surface area contributed by atoms with Gasteiger partial charge in [0.05, 0.1) is 35.0 Å². The van der Waals surface area contributed by atoms with Crippen molar-refractivity contribution in [3.05, 3.63) is 65.9 Å². The van der Waals surface area contributed by atoms with Gasteiger partial charge in [-0.25, -0.2) is 9.97 Å². The number of amides is 2. The van der Waals surface area contributed by atoms with E-state index in [0.29, 0.717) is 25.4 Å². The van der Waals surface area contributed by atoms with Crippen molar-refractivity contribution in [3.63, 3.8) is 0 Å². The molecular formula is C42H52N6O3. The first-order valence-corrected chi connectivity index (χ1v) is 19.0. The van der Waals surface area contributed by atoms with Crippen molar-refractivity contribution in [2.45, 2.75) is 124 Å². The Balaban J connectivity index is 1.16. The second kappa shape index (κ2) is 14.2. The van der Waals surface area contributed by atoms with E-state index in [0.717, 1.165) is 99.3 Å². The molecule has 4 heterocycles. The molecule has 0 saturated carbocycles. The number of aromatic nitrogens is 4. The third kappa shape index (κ3) is 6.40. The Morgan fingerprint density at radius 3 is 2.59 bits per heavy atom. The molecule has 2 aliphatic rings. The van der Waals surface area contributed by atoms with Gasteiger partial charge in [0.1, 0.15) is 24.0 Å². The van der Waals surface area contributed by atoms with Gasteiger partial charge in [0.25, 0.3) is 0 Å². The summed E-state index contributed by atoms with van der Waals surface area (Å²) in [4.78, 5) is 47.4. The predicted octanol–water partition coefficient (Wildman–Crippen LogP) is 9.64. The lowest BCUT2D eigenvalue weighted by molar-refractivity contribution is -0.136. The summed E-state index contributed by atoms with van der Waals surface area (Å²) in [6.07, 6.45) is 7.60. The van der Waals surface area contributed by atoms with Gasteiger partial charge in [-0.3, -0.25) is 9.59 Å². The first-order chi connectivity index (χ1) is 24.6. The molecule has 0 radical (unpaired) electrons. The van der Waals surface area contributed by atoms with Crippen LogP contribution in [0.25, 0.3) is 44.2 Å². The van der Waals surface area contributed by atoms with Crippen molar-refractivity contribution in [1.29, 1.82) is 0 Å². The van der Waals surface area contributed by atoms with Crippen molar-refractivity contribution in [2.24, 2.45) is 5.92 Å². The highest BCUT2D eigenvalue weighted by Crippen LogP contribution is 2.43. The normalized spacial score (nSPS) is 18.7. The lowest BCUT2D eigenvalue weighted by Crippen LogP contribution is -2.40. The molecule has 9 nitrogen and oxygen atoms in total. The lowest BCUT2D eigenvalue weighted by atomic mass is 9.92. The van der Waals surface area contributed by atoms with Crippen LogP contribution < -0.4 is 4.74 Å². The molecule has 9 heteroatoms. The Hall–Kier alpha value is -4.66. The van der Waals surface area contributed by atoms with Crippen LogP contribution >= 0.6 is 0 Å². The highest BCUT2D eigenvalue weighted by atomic mass is 16.5. The summed E-state index contributed by atoms with van der Waals surface area (Å²) in [5.74, 6) is 3.28. The van der Waals surface area contributed by atoms with Crippen LogP contribution in [-0.4, -0.2) is 53.6 Å². The van der Waals surface area contributed by atoms with Crippen LogP contribution in [0.4, 0.5) is 0 Å². The van der Waals surface area contributed by atoms with Gasteiger partial charge in [-0.1, -0.05) is 52.3 Å². The minimum absolute atomic E-state index is 0.0366. The summed E-state index contributed by atoms with van der Waals surface area (Å²) in [6, 6.07) is 15.2. The molecule has 0 aliphatic carbocycles. The molecule has 5 atom stereocenters. The van der Waals surface area contributed by atoms with Crippen LogP contribution in [0, 0.1) is 5.92 Å². The number of aromatic amines is 2. The fourth-order valence-electron chi connectivity index (χ4n) is 8.07. The second-order valence-electron chi connectivity index (χ2n) is 14.9. The minimum atomic E-state index is -0.149. The number of rotatable bonds is 11. The fraction of sp³-hybridized carbons (Fsp3) is 0.476. The van der Waals surface area contributed by atoms with Gasteiger partial charge < -0.3 is 24.5 Å². The van der Waals surface area contributed by atoms with Crippen molar-refractivity contribution in [3.8, 4) is 28.1 Å². The lowest BCUT2D eigenvalue weighted by Gasteiger charge is -2.33. The number of carbonyl (C=O) groups excluding carboxylic acids is 2. The molecule has 2 N–H and O–H groups in total. The van der Waals surface area contributed by atoms with Gasteiger partial charge in [-0.15, -0.1) is 0 Å². The van der Waals surface area contributed by atoms with Gasteiger partial charge in [-0.05, 0) is 98.7 Å². The largest absolute Gasteiger partial charge is 0.488 e. The van der Waals surface area contributed by atoms with Gasteiger partial charge in [-0.2, -0.15) is 0 Å². The fourth-order valence-corrected chi connectivity index (χ4v) is 8.07. The minimum Gasteiger partial charge on any atom is -0.488 e. The quantitative estimate of drug-likeness (QED) is 0.144. The van der Waals surface area contributed by atoms with Gasteiger partial charge >= 0.3 is 0 Å².